The fraction of sp³-hybridized carbons (Fsp3) is 0.700. The van der Waals surface area contributed by atoms with Gasteiger partial charge in [0.1, 0.15) is 36.8 Å². The molecule has 0 bridgehead atoms. The molecule has 2 heterocycles. The molecule has 13 nitrogen and oxygen atoms in total. The molecule has 1 aliphatic heterocycles. The van der Waals surface area contributed by atoms with E-state index in [0.29, 0.717) is 17.8 Å². The molecule has 0 aromatic carbocycles. The number of ether oxygens (including phenoxy) is 3. The van der Waals surface area contributed by atoms with Crippen LogP contribution in [0, 0.1) is 16.7 Å². The number of esters is 2. The summed E-state index contributed by atoms with van der Waals surface area (Å²) in [7, 11) is 0. The lowest BCUT2D eigenvalue weighted by Crippen LogP contribution is -2.48. The standard InChI is InChI=1S/C30H48N6O7/c1-17(2)34-28(40)36-26(33-16-31)19-12-13-21(35-19)30(6)25(38)23(42-27(39)24(32)29(3,4)5)20(43-30)15-41-22(37)14-18-10-8-7-9-11-18/h12-13,16-18,20,23-25,35,38H,7-11,14-15,32H2,1-6H3,(H3,31,33,34,36,40)/t20-,23-,24-,25-,30+/m1/s1. The van der Waals surface area contributed by atoms with Crippen molar-refractivity contribution in [2.45, 2.75) is 116 Å². The Morgan fingerprint density at radius 3 is 2.53 bits per heavy atom. The van der Waals surface area contributed by atoms with Gasteiger partial charge in [-0.3, -0.25) is 20.3 Å². The number of nitrogens with zero attached hydrogens (tertiary/aromatic N) is 1. The Balaban J connectivity index is 1.83. The molecule has 2 fully saturated rings. The monoisotopic (exact) mass is 604 g/mol. The van der Waals surface area contributed by atoms with Crippen LogP contribution in [0.3, 0.4) is 0 Å². The summed E-state index contributed by atoms with van der Waals surface area (Å²) in [4.78, 5) is 45.1. The van der Waals surface area contributed by atoms with Gasteiger partial charge in [-0.1, -0.05) is 40.0 Å². The van der Waals surface area contributed by atoms with Crippen LogP contribution in [0.4, 0.5) is 4.79 Å². The number of aromatic nitrogens is 1. The third-order valence-corrected chi connectivity index (χ3v) is 7.99. The van der Waals surface area contributed by atoms with Crippen molar-refractivity contribution in [2.75, 3.05) is 6.61 Å². The Kier molecular flexibility index (Phi) is 11.5. The largest absolute Gasteiger partial charge is 0.463 e. The molecular weight excluding hydrogens is 556 g/mol. The zero-order valence-corrected chi connectivity index (χ0v) is 26.1. The summed E-state index contributed by atoms with van der Waals surface area (Å²) in [6, 6.07) is 1.65. The molecule has 1 aromatic heterocycles. The van der Waals surface area contributed by atoms with Crippen molar-refractivity contribution in [3.63, 3.8) is 0 Å². The third-order valence-electron chi connectivity index (χ3n) is 7.99. The summed E-state index contributed by atoms with van der Waals surface area (Å²) in [5, 5.41) is 24.2. The highest BCUT2D eigenvalue weighted by Gasteiger charge is 2.56. The van der Waals surface area contributed by atoms with Gasteiger partial charge in [-0.15, -0.1) is 0 Å². The van der Waals surface area contributed by atoms with E-state index in [0.717, 1.165) is 32.0 Å². The van der Waals surface area contributed by atoms with E-state index in [1.54, 1.807) is 53.7 Å². The summed E-state index contributed by atoms with van der Waals surface area (Å²) in [6.07, 6.45) is 2.90. The first-order valence-electron chi connectivity index (χ1n) is 15.0. The molecule has 0 unspecified atom stereocenters. The maximum absolute atomic E-state index is 13.0. The second-order valence-electron chi connectivity index (χ2n) is 13.0. The van der Waals surface area contributed by atoms with E-state index in [9.17, 15) is 19.5 Å². The number of hydrogen-bond acceptors (Lipinski definition) is 9. The van der Waals surface area contributed by atoms with Gasteiger partial charge in [0, 0.05) is 12.5 Å². The van der Waals surface area contributed by atoms with Crippen LogP contribution >= 0.6 is 0 Å². The predicted molar refractivity (Wildman–Crippen MR) is 161 cm³/mol. The van der Waals surface area contributed by atoms with Gasteiger partial charge >= 0.3 is 18.0 Å². The van der Waals surface area contributed by atoms with Crippen molar-refractivity contribution in [3.05, 3.63) is 23.5 Å². The molecule has 13 heteroatoms. The number of aromatic amines is 1. The normalized spacial score (nSPS) is 25.7. The Hall–Kier alpha value is -3.29. The molecule has 3 rings (SSSR count). The highest BCUT2D eigenvalue weighted by Crippen LogP contribution is 2.41. The van der Waals surface area contributed by atoms with Crippen LogP contribution in [-0.2, 0) is 29.4 Å². The fourth-order valence-electron chi connectivity index (χ4n) is 5.34. The van der Waals surface area contributed by atoms with Crippen LogP contribution in [-0.4, -0.2) is 77.2 Å². The van der Waals surface area contributed by atoms with Crippen molar-refractivity contribution in [2.24, 2.45) is 22.1 Å². The molecular formula is C30H48N6O7. The van der Waals surface area contributed by atoms with Gasteiger partial charge < -0.3 is 35.4 Å². The highest BCUT2D eigenvalue weighted by atomic mass is 16.6. The first-order valence-corrected chi connectivity index (χ1v) is 15.0. The van der Waals surface area contributed by atoms with Gasteiger partial charge in [0.25, 0.3) is 0 Å². The van der Waals surface area contributed by atoms with E-state index in [1.807, 2.05) is 0 Å². The van der Waals surface area contributed by atoms with Crippen LogP contribution in [0.25, 0.3) is 0 Å². The minimum atomic E-state index is -1.44. The molecule has 1 saturated heterocycles. The maximum Gasteiger partial charge on any atom is 0.323 e. The lowest BCUT2D eigenvalue weighted by atomic mass is 9.87. The number of nitrogens with one attached hydrogen (secondary N) is 4. The van der Waals surface area contributed by atoms with Crippen molar-refractivity contribution in [1.82, 2.24) is 15.6 Å². The van der Waals surface area contributed by atoms with E-state index in [-0.39, 0.29) is 30.4 Å². The van der Waals surface area contributed by atoms with Crippen molar-refractivity contribution >= 4 is 30.1 Å². The number of carbonyl (C=O) groups is 3. The van der Waals surface area contributed by atoms with E-state index in [4.69, 9.17) is 25.4 Å². The number of urea groups is 1. The molecule has 2 aliphatic rings. The molecule has 240 valence electrons. The fourth-order valence-corrected chi connectivity index (χ4v) is 5.34. The predicted octanol–water partition coefficient (Wildman–Crippen LogP) is 2.85. The number of amidine groups is 1. The summed E-state index contributed by atoms with van der Waals surface area (Å²) in [6.45, 7) is 10.4. The minimum absolute atomic E-state index is 0.0720. The summed E-state index contributed by atoms with van der Waals surface area (Å²) < 4.78 is 17.6. The number of aliphatic hydroxyl groups excluding tert-OH is 1. The van der Waals surface area contributed by atoms with Crippen molar-refractivity contribution in [1.29, 1.82) is 5.41 Å². The Morgan fingerprint density at radius 1 is 1.26 bits per heavy atom. The van der Waals surface area contributed by atoms with E-state index in [1.165, 1.54) is 6.42 Å². The van der Waals surface area contributed by atoms with Crippen LogP contribution in [0.15, 0.2) is 17.1 Å². The number of hydrogen-bond donors (Lipinski definition) is 6. The molecule has 43 heavy (non-hydrogen) atoms. The number of amides is 2. The summed E-state index contributed by atoms with van der Waals surface area (Å²) in [5.74, 6) is -0.723. The van der Waals surface area contributed by atoms with Crippen molar-refractivity contribution < 1.29 is 33.7 Å². The van der Waals surface area contributed by atoms with Gasteiger partial charge in [-0.25, -0.2) is 9.79 Å². The molecule has 5 atom stereocenters. The SMILES string of the molecule is CC(C)NC(=O)NC(=NC=N)c1ccc([C@]2(C)O[C@H](COC(=O)CC3CCCCC3)[C@@H](OC(=O)[C@@H](N)C(C)(C)C)[C@H]2O)[nH]1. The van der Waals surface area contributed by atoms with Crippen LogP contribution in [0.5, 0.6) is 0 Å². The van der Waals surface area contributed by atoms with Gasteiger partial charge in [-0.05, 0) is 57.1 Å². The number of rotatable bonds is 10. The van der Waals surface area contributed by atoms with Crippen LogP contribution in [0.1, 0.15) is 91.5 Å². The van der Waals surface area contributed by atoms with Crippen LogP contribution in [0.2, 0.25) is 0 Å². The smallest absolute Gasteiger partial charge is 0.323 e. The molecule has 1 aliphatic carbocycles. The first-order chi connectivity index (χ1) is 20.1. The van der Waals surface area contributed by atoms with Crippen molar-refractivity contribution in [3.8, 4) is 0 Å². The maximum atomic E-state index is 13.0. The topological polar surface area (TPSA) is 201 Å². The number of aliphatic hydroxyl groups is 1. The minimum Gasteiger partial charge on any atom is -0.463 e. The van der Waals surface area contributed by atoms with E-state index in [2.05, 4.69) is 20.6 Å². The third kappa shape index (κ3) is 8.87. The second-order valence-corrected chi connectivity index (χ2v) is 13.0. The lowest BCUT2D eigenvalue weighted by Gasteiger charge is -2.29. The Bertz CT molecular complexity index is 1170. The molecule has 1 aromatic rings. The highest BCUT2D eigenvalue weighted by molar-refractivity contribution is 6.08. The van der Waals surface area contributed by atoms with Gasteiger partial charge in [0.15, 0.2) is 11.9 Å². The van der Waals surface area contributed by atoms with Gasteiger partial charge in [0.2, 0.25) is 0 Å². The molecule has 0 spiro atoms. The zero-order chi connectivity index (χ0) is 31.9. The average molecular weight is 605 g/mol. The van der Waals surface area contributed by atoms with Gasteiger partial charge in [-0.2, -0.15) is 0 Å². The number of carbonyl (C=O) groups excluding carboxylic acids is 3. The summed E-state index contributed by atoms with van der Waals surface area (Å²) in [5.41, 5.74) is 4.84. The first kappa shape index (κ1) is 34.2. The number of H-pyrrole nitrogens is 1. The molecule has 0 radical (unpaired) electrons. The second kappa shape index (κ2) is 14.5. The zero-order valence-electron chi connectivity index (χ0n) is 26.1. The Labute approximate surface area is 253 Å². The van der Waals surface area contributed by atoms with Gasteiger partial charge in [0.05, 0.1) is 11.4 Å². The lowest BCUT2D eigenvalue weighted by molar-refractivity contribution is -0.163. The summed E-state index contributed by atoms with van der Waals surface area (Å²) >= 11 is 0. The number of aliphatic imine (C=N–C) groups is 1. The quantitative estimate of drug-likeness (QED) is 0.133. The van der Waals surface area contributed by atoms with Crippen LogP contribution < -0.4 is 16.4 Å². The Morgan fingerprint density at radius 2 is 1.93 bits per heavy atom. The van der Waals surface area contributed by atoms with E-state index >= 15 is 0 Å². The van der Waals surface area contributed by atoms with E-state index < -0.39 is 47.4 Å². The molecule has 2 amide bonds. The molecule has 7 N–H and O–H groups in total. The average Bonchev–Trinajstić information content (AvgIpc) is 3.51. The number of nitrogens with two attached hydrogens (primary N) is 1. The molecule has 1 saturated carbocycles.